The summed E-state index contributed by atoms with van der Waals surface area (Å²) in [6, 6.07) is 8.27. The Morgan fingerprint density at radius 2 is 2.04 bits per heavy atom. The van der Waals surface area contributed by atoms with Crippen molar-refractivity contribution >= 4 is 40.3 Å². The Morgan fingerprint density at radius 3 is 2.80 bits per heavy atom. The molecule has 0 spiro atoms. The summed E-state index contributed by atoms with van der Waals surface area (Å²) in [5.74, 6) is -0.576. The molecule has 4 aromatic rings. The van der Waals surface area contributed by atoms with E-state index in [-0.39, 0.29) is 24.6 Å². The lowest BCUT2D eigenvalue weighted by Gasteiger charge is -2.32. The molecular formula is C31H32ClN7O6. The zero-order valence-corrected chi connectivity index (χ0v) is 25.2. The molecule has 4 heterocycles. The van der Waals surface area contributed by atoms with Crippen molar-refractivity contribution in [2.45, 2.75) is 69.5 Å². The average Bonchev–Trinajstić information content (AvgIpc) is 3.81. The number of rotatable bonds is 8. The normalized spacial score (nSPS) is 21.0. The molecule has 45 heavy (non-hydrogen) atoms. The summed E-state index contributed by atoms with van der Waals surface area (Å²) in [5, 5.41) is 34.6. The third kappa shape index (κ3) is 6.22. The number of hydrogen-bond donors (Lipinski definition) is 2. The lowest BCUT2D eigenvalue weighted by Crippen LogP contribution is -2.42. The van der Waals surface area contributed by atoms with E-state index in [0.29, 0.717) is 39.8 Å². The molecule has 2 N–H and O–H groups in total. The summed E-state index contributed by atoms with van der Waals surface area (Å²) in [4.78, 5) is 35.6. The number of aliphatic carboxylic acids is 1. The molecular weight excluding hydrogens is 602 g/mol. The van der Waals surface area contributed by atoms with Crippen LogP contribution in [-0.4, -0.2) is 72.1 Å². The number of carboxylic acids is 1. The first-order valence-electron chi connectivity index (χ1n) is 14.8. The van der Waals surface area contributed by atoms with Gasteiger partial charge in [-0.1, -0.05) is 24.4 Å². The number of nitrogens with zero attached hydrogens (tertiary/aromatic N) is 7. The SMILES string of the molecule is CN(C(=O)n1ccc2c(-c3cnn([C@H](CC#N)C4CCCC4)c3)ncnc21)c1cc(Cl)ccc1O[C@H]1C[C@@H](O)C[C@@H](C(=O)O)O1. The molecule has 2 fully saturated rings. The van der Waals surface area contributed by atoms with Crippen LogP contribution in [0.2, 0.25) is 5.02 Å². The van der Waals surface area contributed by atoms with E-state index in [1.165, 1.54) is 15.8 Å². The molecule has 14 heteroatoms. The Labute approximate surface area is 263 Å². The Kier molecular flexibility index (Phi) is 8.71. The van der Waals surface area contributed by atoms with E-state index in [4.69, 9.17) is 21.1 Å². The van der Waals surface area contributed by atoms with Gasteiger partial charge in [-0.05, 0) is 43.0 Å². The fourth-order valence-electron chi connectivity index (χ4n) is 6.24. The van der Waals surface area contributed by atoms with Crippen molar-refractivity contribution in [3.63, 3.8) is 0 Å². The van der Waals surface area contributed by atoms with Gasteiger partial charge < -0.3 is 19.7 Å². The van der Waals surface area contributed by atoms with E-state index in [1.54, 1.807) is 43.7 Å². The van der Waals surface area contributed by atoms with Crippen molar-refractivity contribution in [3.8, 4) is 23.1 Å². The second kappa shape index (κ2) is 12.8. The van der Waals surface area contributed by atoms with Crippen molar-refractivity contribution in [2.24, 2.45) is 5.92 Å². The maximum Gasteiger partial charge on any atom is 0.334 e. The molecule has 0 bridgehead atoms. The molecule has 2 aliphatic rings. The lowest BCUT2D eigenvalue weighted by atomic mass is 9.96. The van der Waals surface area contributed by atoms with Crippen LogP contribution >= 0.6 is 11.6 Å². The smallest absolute Gasteiger partial charge is 0.334 e. The number of aliphatic hydroxyl groups excluding tert-OH is 1. The highest BCUT2D eigenvalue weighted by atomic mass is 35.5. The molecule has 3 aromatic heterocycles. The minimum atomic E-state index is -1.22. The van der Waals surface area contributed by atoms with E-state index in [9.17, 15) is 25.1 Å². The van der Waals surface area contributed by atoms with Crippen molar-refractivity contribution in [3.05, 3.63) is 54.2 Å². The Balaban J connectivity index is 1.27. The lowest BCUT2D eigenvalue weighted by molar-refractivity contribution is -0.195. The van der Waals surface area contributed by atoms with Gasteiger partial charge in [-0.25, -0.2) is 19.6 Å². The van der Waals surface area contributed by atoms with Crippen LogP contribution in [0.1, 0.15) is 51.0 Å². The Morgan fingerprint density at radius 1 is 1.24 bits per heavy atom. The van der Waals surface area contributed by atoms with Crippen LogP contribution in [0.4, 0.5) is 10.5 Å². The maximum absolute atomic E-state index is 13.9. The molecule has 13 nitrogen and oxygen atoms in total. The standard InChI is InChI=1S/C31H32ClN7O6/c1-37(24-12-20(32)6-7-25(24)44-27-14-21(40)13-26(45-27)30(41)42)31(43)38-11-9-22-28(34-17-35-29(22)38)19-15-36-39(16-19)23(8-10-33)18-4-2-3-5-18/h6-7,9,11-12,15-18,21,23,26-27,40H,2-5,8,13-14H2,1H3,(H,41,42)/t21-,23+,26-,27+/m0/s1. The van der Waals surface area contributed by atoms with Gasteiger partial charge in [0, 0.05) is 48.3 Å². The monoisotopic (exact) mass is 633 g/mol. The van der Waals surface area contributed by atoms with Gasteiger partial charge in [0.05, 0.1) is 42.2 Å². The number of halogens is 1. The summed E-state index contributed by atoms with van der Waals surface area (Å²) >= 11 is 6.29. The number of nitriles is 1. The molecule has 0 unspecified atom stereocenters. The third-order valence-corrected chi connectivity index (χ3v) is 8.75. The van der Waals surface area contributed by atoms with Gasteiger partial charge in [0.15, 0.2) is 11.8 Å². The maximum atomic E-state index is 13.9. The largest absolute Gasteiger partial charge is 0.479 e. The quantitative estimate of drug-likeness (QED) is 0.268. The first kappa shape index (κ1) is 30.5. The second-order valence-corrected chi connectivity index (χ2v) is 11.9. The fraction of sp³-hybridized carbons (Fsp3) is 0.419. The van der Waals surface area contributed by atoms with Crippen molar-refractivity contribution < 1.29 is 29.3 Å². The molecule has 4 atom stereocenters. The molecule has 6 rings (SSSR count). The van der Waals surface area contributed by atoms with E-state index in [1.807, 2.05) is 10.9 Å². The van der Waals surface area contributed by atoms with Gasteiger partial charge in [0.1, 0.15) is 12.1 Å². The first-order valence-corrected chi connectivity index (χ1v) is 15.2. The topological polar surface area (TPSA) is 169 Å². The molecule has 1 saturated heterocycles. The number of carboxylic acid groups (broad SMARTS) is 1. The number of anilines is 1. The summed E-state index contributed by atoms with van der Waals surface area (Å²) in [5.41, 5.74) is 2.04. The van der Waals surface area contributed by atoms with Gasteiger partial charge in [0.25, 0.3) is 0 Å². The van der Waals surface area contributed by atoms with Gasteiger partial charge in [0.2, 0.25) is 6.29 Å². The number of aliphatic hydroxyl groups is 1. The molecule has 234 valence electrons. The number of fused-ring (bicyclic) bond motifs is 1. The number of amides is 1. The van der Waals surface area contributed by atoms with Crippen molar-refractivity contribution in [1.29, 1.82) is 5.26 Å². The number of hydrogen-bond acceptors (Lipinski definition) is 9. The highest BCUT2D eigenvalue weighted by Gasteiger charge is 2.35. The van der Waals surface area contributed by atoms with Crippen LogP contribution in [0.5, 0.6) is 5.75 Å². The number of ether oxygens (including phenoxy) is 2. The predicted octanol–water partition coefficient (Wildman–Crippen LogP) is 5.03. The first-order chi connectivity index (χ1) is 21.7. The van der Waals surface area contributed by atoms with Crippen LogP contribution in [0.25, 0.3) is 22.3 Å². The van der Waals surface area contributed by atoms with Crippen LogP contribution in [0.3, 0.4) is 0 Å². The highest BCUT2D eigenvalue weighted by molar-refractivity contribution is 6.31. The zero-order valence-electron chi connectivity index (χ0n) is 24.5. The van der Waals surface area contributed by atoms with Gasteiger partial charge in [-0.3, -0.25) is 14.1 Å². The fourth-order valence-corrected chi connectivity index (χ4v) is 6.41. The molecule has 1 aromatic carbocycles. The van der Waals surface area contributed by atoms with Crippen LogP contribution in [0.15, 0.2) is 49.2 Å². The second-order valence-electron chi connectivity index (χ2n) is 11.4. The Hall–Kier alpha value is -4.51. The highest BCUT2D eigenvalue weighted by Crippen LogP contribution is 2.38. The summed E-state index contributed by atoms with van der Waals surface area (Å²) in [6.45, 7) is 0. The van der Waals surface area contributed by atoms with E-state index < -0.39 is 30.5 Å². The van der Waals surface area contributed by atoms with Gasteiger partial charge >= 0.3 is 12.0 Å². The predicted molar refractivity (Wildman–Crippen MR) is 163 cm³/mol. The molecule has 1 aliphatic carbocycles. The minimum Gasteiger partial charge on any atom is -0.479 e. The third-order valence-electron chi connectivity index (χ3n) is 8.52. The van der Waals surface area contributed by atoms with E-state index >= 15 is 0 Å². The minimum absolute atomic E-state index is 0.00481. The van der Waals surface area contributed by atoms with Crippen molar-refractivity contribution in [1.82, 2.24) is 24.3 Å². The molecule has 1 aliphatic heterocycles. The van der Waals surface area contributed by atoms with Gasteiger partial charge in [-0.2, -0.15) is 10.4 Å². The zero-order chi connectivity index (χ0) is 31.7. The summed E-state index contributed by atoms with van der Waals surface area (Å²) in [7, 11) is 1.55. The molecule has 1 amide bonds. The van der Waals surface area contributed by atoms with Crippen LogP contribution in [0, 0.1) is 17.2 Å². The van der Waals surface area contributed by atoms with E-state index in [0.717, 1.165) is 31.2 Å². The van der Waals surface area contributed by atoms with Crippen LogP contribution in [-0.2, 0) is 9.53 Å². The number of benzene rings is 1. The van der Waals surface area contributed by atoms with E-state index in [2.05, 4.69) is 21.1 Å². The van der Waals surface area contributed by atoms with Crippen LogP contribution < -0.4 is 9.64 Å². The number of carbonyl (C=O) groups is 2. The van der Waals surface area contributed by atoms with Gasteiger partial charge in [-0.15, -0.1) is 0 Å². The summed E-state index contributed by atoms with van der Waals surface area (Å²) < 4.78 is 14.7. The number of aromatic nitrogens is 5. The average molecular weight is 634 g/mol. The summed E-state index contributed by atoms with van der Waals surface area (Å²) in [6.07, 6.45) is 8.29. The number of carbonyl (C=O) groups excluding carboxylic acids is 1. The Bertz CT molecular complexity index is 1760. The van der Waals surface area contributed by atoms with Crippen molar-refractivity contribution in [2.75, 3.05) is 11.9 Å². The molecule has 1 saturated carbocycles. The molecule has 0 radical (unpaired) electrons.